The molecule has 4 N–H and O–H groups in total. The molecule has 1 aromatic carbocycles. The van der Waals surface area contributed by atoms with Gasteiger partial charge in [0.2, 0.25) is 5.91 Å². The molecule has 1 aromatic heterocycles. The van der Waals surface area contributed by atoms with E-state index in [1.54, 1.807) is 6.20 Å². The van der Waals surface area contributed by atoms with Crippen LogP contribution in [-0.4, -0.2) is 63.7 Å². The van der Waals surface area contributed by atoms with E-state index in [4.69, 9.17) is 32.3 Å². The average Bonchev–Trinajstić information content (AvgIpc) is 2.83. The van der Waals surface area contributed by atoms with E-state index in [-0.39, 0.29) is 18.1 Å². The summed E-state index contributed by atoms with van der Waals surface area (Å²) in [6.45, 7) is 2.86. The molecule has 1 aliphatic rings. The Kier molecular flexibility index (Phi) is 11.9. The van der Waals surface area contributed by atoms with Crippen LogP contribution in [0.4, 0.5) is 0 Å². The fourth-order valence-corrected chi connectivity index (χ4v) is 3.69. The largest absolute Gasteiger partial charge is 0.478 e. The van der Waals surface area contributed by atoms with Crippen LogP contribution < -0.4 is 5.73 Å². The molecule has 10 heteroatoms. The Morgan fingerprint density at radius 3 is 2.23 bits per heavy atom. The van der Waals surface area contributed by atoms with E-state index in [0.717, 1.165) is 50.2 Å². The van der Waals surface area contributed by atoms with Crippen LogP contribution in [0.15, 0.2) is 60.8 Å². The zero-order valence-corrected chi connectivity index (χ0v) is 20.0. The van der Waals surface area contributed by atoms with Crippen molar-refractivity contribution in [2.24, 2.45) is 5.73 Å². The number of hydrogen-bond acceptors (Lipinski definition) is 6. The summed E-state index contributed by atoms with van der Waals surface area (Å²) in [5.74, 6) is -2.74. The number of amides is 1. The lowest BCUT2D eigenvalue weighted by Crippen LogP contribution is -2.38. The summed E-state index contributed by atoms with van der Waals surface area (Å²) in [5.41, 5.74) is 7.18. The van der Waals surface area contributed by atoms with E-state index in [0.29, 0.717) is 23.6 Å². The number of primary amides is 1. The van der Waals surface area contributed by atoms with E-state index < -0.39 is 11.9 Å². The number of benzene rings is 1. The summed E-state index contributed by atoms with van der Waals surface area (Å²) < 4.78 is 6.49. The minimum absolute atomic E-state index is 0.181. The second-order valence-corrected chi connectivity index (χ2v) is 8.38. The van der Waals surface area contributed by atoms with Crippen LogP contribution in [-0.2, 0) is 19.1 Å². The predicted molar refractivity (Wildman–Crippen MR) is 131 cm³/mol. The highest BCUT2D eigenvalue weighted by Crippen LogP contribution is 2.29. The number of ether oxygens (including phenoxy) is 1. The second-order valence-electron chi connectivity index (χ2n) is 7.94. The molecule has 0 bridgehead atoms. The van der Waals surface area contributed by atoms with Gasteiger partial charge in [0.05, 0.1) is 11.8 Å². The average molecular weight is 504 g/mol. The molecule has 1 atom stereocenters. The fourth-order valence-electron chi connectivity index (χ4n) is 3.57. The van der Waals surface area contributed by atoms with E-state index in [9.17, 15) is 14.4 Å². The van der Waals surface area contributed by atoms with Gasteiger partial charge in [0.1, 0.15) is 6.10 Å². The lowest BCUT2D eigenvalue weighted by molar-refractivity contribution is -0.134. The topological polar surface area (TPSA) is 143 Å². The molecule has 0 aliphatic carbocycles. The Morgan fingerprint density at radius 1 is 1.09 bits per heavy atom. The number of rotatable bonds is 10. The summed E-state index contributed by atoms with van der Waals surface area (Å²) in [6, 6.07) is 13.7. The lowest BCUT2D eigenvalue weighted by atomic mass is 10.0. The van der Waals surface area contributed by atoms with Crippen molar-refractivity contribution < 1.29 is 29.3 Å². The molecule has 2 heterocycles. The summed E-state index contributed by atoms with van der Waals surface area (Å²) in [6.07, 6.45) is 6.10. The van der Waals surface area contributed by atoms with Crippen LogP contribution in [0.1, 0.15) is 43.0 Å². The number of piperidine rings is 1. The summed E-state index contributed by atoms with van der Waals surface area (Å²) in [7, 11) is 0. The summed E-state index contributed by atoms with van der Waals surface area (Å²) >= 11 is 6.04. The quantitative estimate of drug-likeness (QED) is 0.419. The third kappa shape index (κ3) is 11.1. The molecular formula is C25H30ClN3O6. The van der Waals surface area contributed by atoms with Crippen LogP contribution in [0.2, 0.25) is 5.02 Å². The number of hydrogen-bond donors (Lipinski definition) is 3. The van der Waals surface area contributed by atoms with Gasteiger partial charge in [0.25, 0.3) is 0 Å². The molecule has 9 nitrogen and oxygen atoms in total. The van der Waals surface area contributed by atoms with Crippen LogP contribution >= 0.6 is 11.6 Å². The van der Waals surface area contributed by atoms with Crippen LogP contribution in [0.3, 0.4) is 0 Å². The number of aliphatic carboxylic acids is 2. The van der Waals surface area contributed by atoms with Gasteiger partial charge in [-0.3, -0.25) is 9.78 Å². The molecule has 0 spiro atoms. The number of likely N-dealkylation sites (tertiary alicyclic amines) is 1. The molecule has 0 radical (unpaired) electrons. The Balaban J connectivity index is 0.000000466. The highest BCUT2D eigenvalue weighted by Gasteiger charge is 2.25. The Hall–Kier alpha value is -3.27. The highest BCUT2D eigenvalue weighted by atomic mass is 35.5. The SMILES string of the molecule is NC(=O)CCCN1CCC(OC(c2ccc(Cl)cc2)c2ccccn2)CC1.O=C(O)C=CC(=O)O. The maximum absolute atomic E-state index is 10.9. The van der Waals surface area contributed by atoms with Crippen molar-refractivity contribution in [1.29, 1.82) is 0 Å². The number of carboxylic acids is 2. The van der Waals surface area contributed by atoms with Crippen molar-refractivity contribution in [3.8, 4) is 0 Å². The van der Waals surface area contributed by atoms with E-state index in [1.165, 1.54) is 0 Å². The van der Waals surface area contributed by atoms with Crippen molar-refractivity contribution in [2.45, 2.75) is 37.9 Å². The number of carbonyl (C=O) groups excluding carboxylic acids is 1. The molecule has 1 amide bonds. The number of carbonyl (C=O) groups is 3. The van der Waals surface area contributed by atoms with Gasteiger partial charge >= 0.3 is 11.9 Å². The molecule has 35 heavy (non-hydrogen) atoms. The first-order chi connectivity index (χ1) is 16.7. The van der Waals surface area contributed by atoms with Crippen molar-refractivity contribution in [3.63, 3.8) is 0 Å². The number of pyridine rings is 1. The number of aromatic nitrogens is 1. The van der Waals surface area contributed by atoms with E-state index >= 15 is 0 Å². The molecular weight excluding hydrogens is 474 g/mol. The summed E-state index contributed by atoms with van der Waals surface area (Å²) in [4.78, 5) is 36.9. The van der Waals surface area contributed by atoms with Crippen molar-refractivity contribution >= 4 is 29.4 Å². The van der Waals surface area contributed by atoms with Gasteiger partial charge in [-0.2, -0.15) is 0 Å². The normalized spacial score (nSPS) is 15.2. The molecule has 1 aliphatic heterocycles. The maximum Gasteiger partial charge on any atom is 0.328 e. The Morgan fingerprint density at radius 2 is 1.71 bits per heavy atom. The van der Waals surface area contributed by atoms with Crippen LogP contribution in [0, 0.1) is 0 Å². The van der Waals surface area contributed by atoms with Gasteiger partial charge in [-0.05, 0) is 55.6 Å². The third-order valence-electron chi connectivity index (χ3n) is 5.26. The Labute approximate surface area is 209 Å². The molecule has 3 rings (SSSR count). The first-order valence-corrected chi connectivity index (χ1v) is 11.6. The molecule has 2 aromatic rings. The zero-order valence-electron chi connectivity index (χ0n) is 19.3. The number of halogens is 1. The lowest BCUT2D eigenvalue weighted by Gasteiger charge is -2.34. The molecule has 0 saturated carbocycles. The number of carboxylic acid groups (broad SMARTS) is 2. The minimum atomic E-state index is -1.26. The fraction of sp³-hybridized carbons (Fsp3) is 0.360. The second kappa shape index (κ2) is 14.9. The monoisotopic (exact) mass is 503 g/mol. The first kappa shape index (κ1) is 28.0. The van der Waals surface area contributed by atoms with Gasteiger partial charge in [-0.1, -0.05) is 29.8 Å². The van der Waals surface area contributed by atoms with Gasteiger partial charge < -0.3 is 25.6 Å². The standard InChI is InChI=1S/C21H26ClN3O2.C4H4O4/c22-17-8-6-16(7-9-17)21(19-4-1-2-12-24-19)27-18-10-14-25(15-11-18)13-3-5-20(23)26;5-3(6)1-2-4(7)8/h1-2,4,6-9,12,18,21H,3,5,10-11,13-15H2,(H2,23,26);1-2H,(H,5,6)(H,7,8). The zero-order chi connectivity index (χ0) is 25.6. The van der Waals surface area contributed by atoms with E-state index in [2.05, 4.69) is 9.88 Å². The molecule has 1 saturated heterocycles. The molecule has 1 fully saturated rings. The van der Waals surface area contributed by atoms with Crippen LogP contribution in [0.5, 0.6) is 0 Å². The first-order valence-electron chi connectivity index (χ1n) is 11.2. The summed E-state index contributed by atoms with van der Waals surface area (Å²) in [5, 5.41) is 16.3. The molecule has 188 valence electrons. The minimum Gasteiger partial charge on any atom is -0.478 e. The predicted octanol–water partition coefficient (Wildman–Crippen LogP) is 3.28. The smallest absolute Gasteiger partial charge is 0.328 e. The van der Waals surface area contributed by atoms with Crippen molar-refractivity contribution in [1.82, 2.24) is 9.88 Å². The van der Waals surface area contributed by atoms with Crippen LogP contribution in [0.25, 0.3) is 0 Å². The highest BCUT2D eigenvalue weighted by molar-refractivity contribution is 6.30. The maximum atomic E-state index is 10.9. The molecule has 1 unspecified atom stereocenters. The van der Waals surface area contributed by atoms with Crippen molar-refractivity contribution in [2.75, 3.05) is 19.6 Å². The Bertz CT molecular complexity index is 960. The third-order valence-corrected chi connectivity index (χ3v) is 5.51. The van der Waals surface area contributed by atoms with Crippen molar-refractivity contribution in [3.05, 3.63) is 77.1 Å². The van der Waals surface area contributed by atoms with Gasteiger partial charge in [0, 0.05) is 42.9 Å². The van der Waals surface area contributed by atoms with E-state index in [1.807, 2.05) is 42.5 Å². The van der Waals surface area contributed by atoms with Gasteiger partial charge in [-0.25, -0.2) is 9.59 Å². The van der Waals surface area contributed by atoms with Gasteiger partial charge in [0.15, 0.2) is 0 Å². The number of nitrogens with zero attached hydrogens (tertiary/aromatic N) is 2. The number of nitrogens with two attached hydrogens (primary N) is 1. The van der Waals surface area contributed by atoms with Gasteiger partial charge in [-0.15, -0.1) is 0 Å².